The summed E-state index contributed by atoms with van der Waals surface area (Å²) in [5.41, 5.74) is 1.35. The van der Waals surface area contributed by atoms with Crippen LogP contribution in [0.3, 0.4) is 0 Å². The summed E-state index contributed by atoms with van der Waals surface area (Å²) >= 11 is 0. The Kier molecular flexibility index (Phi) is 9.10. The maximum Gasteiger partial charge on any atom is 0.123 e. The van der Waals surface area contributed by atoms with Gasteiger partial charge in [-0.3, -0.25) is 0 Å². The molecule has 1 heterocycles. The topological polar surface area (TPSA) is 21.8 Å². The van der Waals surface area contributed by atoms with Gasteiger partial charge in [0.1, 0.15) is 18.0 Å². The van der Waals surface area contributed by atoms with Gasteiger partial charge in [-0.15, -0.1) is 6.58 Å². The summed E-state index contributed by atoms with van der Waals surface area (Å²) in [7, 11) is 0. The van der Waals surface area contributed by atoms with Gasteiger partial charge in [-0.05, 0) is 50.3 Å². The standard InChI is InChI=1S/C23H36O2/c1-3-4-5-6-7-8-9-10-11-12-13-15-21-16-14-17-22(18-21)24-19-23(2)20-25-23/h3,14,16-18H,1,4-13,15,19-20H2,2H3. The normalized spacial score (nSPS) is 18.9. The maximum absolute atomic E-state index is 5.85. The van der Waals surface area contributed by atoms with E-state index in [-0.39, 0.29) is 5.60 Å². The van der Waals surface area contributed by atoms with Crippen molar-refractivity contribution in [3.05, 3.63) is 42.5 Å². The van der Waals surface area contributed by atoms with Crippen molar-refractivity contribution in [2.24, 2.45) is 0 Å². The SMILES string of the molecule is C=CCCCCCCCCCCCc1cccc(OCC2(C)CO2)c1. The smallest absolute Gasteiger partial charge is 0.123 e. The van der Waals surface area contributed by atoms with Crippen LogP contribution in [0.1, 0.15) is 76.7 Å². The molecule has 2 rings (SSSR count). The highest BCUT2D eigenvalue weighted by atomic mass is 16.6. The van der Waals surface area contributed by atoms with Crippen LogP contribution in [0.2, 0.25) is 0 Å². The molecule has 0 spiro atoms. The van der Waals surface area contributed by atoms with Gasteiger partial charge in [0.2, 0.25) is 0 Å². The zero-order valence-corrected chi connectivity index (χ0v) is 16.1. The van der Waals surface area contributed by atoms with Crippen LogP contribution in [0.5, 0.6) is 5.75 Å². The predicted octanol–water partition coefficient (Wildman–Crippen LogP) is 6.48. The van der Waals surface area contributed by atoms with Crippen LogP contribution in [-0.2, 0) is 11.2 Å². The average Bonchev–Trinajstić information content (AvgIpc) is 3.36. The third kappa shape index (κ3) is 9.11. The molecule has 1 aliphatic heterocycles. The summed E-state index contributed by atoms with van der Waals surface area (Å²) in [5, 5.41) is 0. The molecule has 1 aromatic rings. The summed E-state index contributed by atoms with van der Waals surface area (Å²) in [6, 6.07) is 8.55. The van der Waals surface area contributed by atoms with Gasteiger partial charge in [0.05, 0.1) is 6.61 Å². The fraction of sp³-hybridized carbons (Fsp3) is 0.652. The van der Waals surface area contributed by atoms with Gasteiger partial charge in [0.25, 0.3) is 0 Å². The largest absolute Gasteiger partial charge is 0.490 e. The molecule has 0 N–H and O–H groups in total. The lowest BCUT2D eigenvalue weighted by Gasteiger charge is -2.10. The summed E-state index contributed by atoms with van der Waals surface area (Å²) in [4.78, 5) is 0. The third-order valence-corrected chi connectivity index (χ3v) is 4.95. The first-order valence-corrected chi connectivity index (χ1v) is 10.2. The van der Waals surface area contributed by atoms with Gasteiger partial charge in [-0.2, -0.15) is 0 Å². The van der Waals surface area contributed by atoms with Crippen molar-refractivity contribution in [3.63, 3.8) is 0 Å². The van der Waals surface area contributed by atoms with Crippen LogP contribution in [0.4, 0.5) is 0 Å². The molecule has 25 heavy (non-hydrogen) atoms. The first-order chi connectivity index (χ1) is 12.2. The lowest BCUT2D eigenvalue weighted by molar-refractivity contribution is 0.202. The molecule has 2 nitrogen and oxygen atoms in total. The van der Waals surface area contributed by atoms with E-state index in [1.165, 1.54) is 69.8 Å². The number of rotatable bonds is 15. The van der Waals surface area contributed by atoms with Crippen molar-refractivity contribution in [1.29, 1.82) is 0 Å². The molecule has 0 radical (unpaired) electrons. The number of aryl methyl sites for hydroxylation is 1. The van der Waals surface area contributed by atoms with Crippen molar-refractivity contribution < 1.29 is 9.47 Å². The van der Waals surface area contributed by atoms with Crippen LogP contribution in [0.25, 0.3) is 0 Å². The van der Waals surface area contributed by atoms with Crippen molar-refractivity contribution in [1.82, 2.24) is 0 Å². The Bertz CT molecular complexity index is 491. The summed E-state index contributed by atoms with van der Waals surface area (Å²) in [5.74, 6) is 0.977. The second-order valence-electron chi connectivity index (χ2n) is 7.68. The van der Waals surface area contributed by atoms with E-state index in [0.717, 1.165) is 18.8 Å². The number of hydrogen-bond acceptors (Lipinski definition) is 2. The van der Waals surface area contributed by atoms with Crippen LogP contribution < -0.4 is 4.74 Å². The highest BCUT2D eigenvalue weighted by Gasteiger charge is 2.40. The second kappa shape index (κ2) is 11.4. The molecule has 1 unspecified atom stereocenters. The summed E-state index contributed by atoms with van der Waals surface area (Å²) in [6.07, 6.45) is 16.6. The van der Waals surface area contributed by atoms with Crippen LogP contribution in [0, 0.1) is 0 Å². The Morgan fingerprint density at radius 1 is 1.04 bits per heavy atom. The zero-order valence-electron chi connectivity index (χ0n) is 16.1. The summed E-state index contributed by atoms with van der Waals surface area (Å²) in [6.45, 7) is 7.35. The molecule has 0 aromatic heterocycles. The van der Waals surface area contributed by atoms with Crippen molar-refractivity contribution in [2.75, 3.05) is 13.2 Å². The first-order valence-electron chi connectivity index (χ1n) is 10.2. The highest BCUT2D eigenvalue weighted by molar-refractivity contribution is 5.28. The fourth-order valence-electron chi connectivity index (χ4n) is 3.09. The minimum atomic E-state index is -0.0400. The minimum Gasteiger partial charge on any atom is -0.490 e. The monoisotopic (exact) mass is 344 g/mol. The van der Waals surface area contributed by atoms with Crippen LogP contribution in [0.15, 0.2) is 36.9 Å². The number of hydrogen-bond donors (Lipinski definition) is 0. The second-order valence-corrected chi connectivity index (χ2v) is 7.68. The van der Waals surface area contributed by atoms with E-state index in [4.69, 9.17) is 9.47 Å². The Morgan fingerprint density at radius 2 is 1.68 bits per heavy atom. The maximum atomic E-state index is 5.85. The van der Waals surface area contributed by atoms with Gasteiger partial charge in [-0.25, -0.2) is 0 Å². The number of allylic oxidation sites excluding steroid dienone is 1. The highest BCUT2D eigenvalue weighted by Crippen LogP contribution is 2.27. The number of unbranched alkanes of at least 4 members (excludes halogenated alkanes) is 9. The Balaban J connectivity index is 1.47. The molecule has 0 aliphatic carbocycles. The molecule has 1 saturated heterocycles. The van der Waals surface area contributed by atoms with Gasteiger partial charge >= 0.3 is 0 Å². The number of benzene rings is 1. The average molecular weight is 345 g/mol. The van der Waals surface area contributed by atoms with Crippen molar-refractivity contribution in [2.45, 2.75) is 83.2 Å². The van der Waals surface area contributed by atoms with E-state index in [0.29, 0.717) is 6.61 Å². The van der Waals surface area contributed by atoms with Crippen LogP contribution in [-0.4, -0.2) is 18.8 Å². The third-order valence-electron chi connectivity index (χ3n) is 4.95. The van der Waals surface area contributed by atoms with Crippen molar-refractivity contribution >= 4 is 0 Å². The quantitative estimate of drug-likeness (QED) is 0.206. The number of epoxide rings is 1. The molecule has 0 saturated carbocycles. The molecule has 2 heteroatoms. The van der Waals surface area contributed by atoms with E-state index in [1.54, 1.807) is 0 Å². The van der Waals surface area contributed by atoms with E-state index in [2.05, 4.69) is 31.7 Å². The van der Waals surface area contributed by atoms with Gasteiger partial charge < -0.3 is 9.47 Å². The van der Waals surface area contributed by atoms with Gasteiger partial charge in [0.15, 0.2) is 0 Å². The molecule has 1 aromatic carbocycles. The van der Waals surface area contributed by atoms with E-state index >= 15 is 0 Å². The zero-order chi connectivity index (χ0) is 17.8. The molecule has 0 amide bonds. The number of ether oxygens (including phenoxy) is 2. The summed E-state index contributed by atoms with van der Waals surface area (Å²) < 4.78 is 11.2. The fourth-order valence-corrected chi connectivity index (χ4v) is 3.09. The molecule has 0 bridgehead atoms. The lowest BCUT2D eigenvalue weighted by atomic mass is 10.0. The molecular weight excluding hydrogens is 308 g/mol. The molecular formula is C23H36O2. The van der Waals surface area contributed by atoms with E-state index in [1.807, 2.05) is 12.1 Å². The molecule has 1 fully saturated rings. The van der Waals surface area contributed by atoms with Crippen LogP contribution >= 0.6 is 0 Å². The Hall–Kier alpha value is -1.28. The minimum absolute atomic E-state index is 0.0400. The van der Waals surface area contributed by atoms with Gasteiger partial charge in [-0.1, -0.05) is 63.2 Å². The molecule has 140 valence electrons. The Labute approximate surface area is 154 Å². The predicted molar refractivity (Wildman–Crippen MR) is 106 cm³/mol. The first kappa shape index (κ1) is 20.0. The molecule has 1 atom stereocenters. The van der Waals surface area contributed by atoms with Crippen molar-refractivity contribution in [3.8, 4) is 5.75 Å². The Morgan fingerprint density at radius 3 is 2.32 bits per heavy atom. The van der Waals surface area contributed by atoms with E-state index < -0.39 is 0 Å². The van der Waals surface area contributed by atoms with E-state index in [9.17, 15) is 0 Å². The lowest BCUT2D eigenvalue weighted by Crippen LogP contribution is -2.16. The molecule has 1 aliphatic rings. The van der Waals surface area contributed by atoms with Gasteiger partial charge in [0, 0.05) is 0 Å².